The van der Waals surface area contributed by atoms with E-state index in [1.807, 2.05) is 36.5 Å². The number of nitrogens with zero attached hydrogens (tertiary/aromatic N) is 6. The molecule has 12 nitrogen and oxygen atoms in total. The summed E-state index contributed by atoms with van der Waals surface area (Å²) in [7, 11) is 0. The standard InChI is InChI=1S/C27H38ClN9O3/c1-27(2,3)40-26(39)35-7-6-21(15-35)37-14-20(10-30-37)32-24-29-11-22(28)23(34-24)31-19-8-16-12-36(13-17(16)9-19)25(38)33-18-4-5-18/h10-11,14,16-19,21H,4-9,12-13,15H2,1-3H3,(H,33,38)(H2,29,31,32,34). The highest BCUT2D eigenvalue weighted by molar-refractivity contribution is 6.32. The Morgan fingerprint density at radius 1 is 1.02 bits per heavy atom. The first-order valence-corrected chi connectivity index (χ1v) is 14.6. The van der Waals surface area contributed by atoms with Crippen molar-refractivity contribution in [3.8, 4) is 0 Å². The van der Waals surface area contributed by atoms with Crippen LogP contribution in [0.4, 0.5) is 27.0 Å². The summed E-state index contributed by atoms with van der Waals surface area (Å²) >= 11 is 6.45. The second-order valence-corrected chi connectivity index (χ2v) is 13.0. The number of hydrogen-bond acceptors (Lipinski definition) is 8. The number of carbonyl (C=O) groups excluding carboxylic acids is 2. The number of ether oxygens (including phenoxy) is 1. The molecule has 0 radical (unpaired) electrons. The van der Waals surface area contributed by atoms with Crippen LogP contribution >= 0.6 is 11.6 Å². The first-order chi connectivity index (χ1) is 19.1. The van der Waals surface area contributed by atoms with E-state index in [1.54, 1.807) is 17.3 Å². The molecule has 0 spiro atoms. The van der Waals surface area contributed by atoms with Crippen LogP contribution in [-0.4, -0.2) is 85.5 Å². The van der Waals surface area contributed by atoms with E-state index in [9.17, 15) is 9.59 Å². The maximum absolute atomic E-state index is 12.4. The molecule has 3 atom stereocenters. The molecule has 4 aliphatic rings. The van der Waals surface area contributed by atoms with Crippen molar-refractivity contribution < 1.29 is 14.3 Å². The smallest absolute Gasteiger partial charge is 0.410 e. The second kappa shape index (κ2) is 10.6. The van der Waals surface area contributed by atoms with Crippen LogP contribution in [0.3, 0.4) is 0 Å². The Hall–Kier alpha value is -3.28. The summed E-state index contributed by atoms with van der Waals surface area (Å²) in [6.45, 7) is 8.41. The predicted octanol–water partition coefficient (Wildman–Crippen LogP) is 4.25. The van der Waals surface area contributed by atoms with Gasteiger partial charge in [-0.05, 0) is 64.7 Å². The van der Waals surface area contributed by atoms with Crippen molar-refractivity contribution in [2.24, 2.45) is 11.8 Å². The fraction of sp³-hybridized carbons (Fsp3) is 0.667. The van der Waals surface area contributed by atoms with E-state index >= 15 is 0 Å². The molecule has 0 aromatic carbocycles. The average Bonchev–Trinajstić information content (AvgIpc) is 3.28. The van der Waals surface area contributed by atoms with Gasteiger partial charge in [-0.2, -0.15) is 10.1 Å². The number of urea groups is 1. The third-order valence-corrected chi connectivity index (χ3v) is 8.35. The van der Waals surface area contributed by atoms with Gasteiger partial charge in [0, 0.05) is 44.5 Å². The van der Waals surface area contributed by atoms with Gasteiger partial charge in [0.25, 0.3) is 0 Å². The van der Waals surface area contributed by atoms with Gasteiger partial charge in [-0.1, -0.05) is 11.6 Å². The molecule has 4 fully saturated rings. The molecule has 3 N–H and O–H groups in total. The molecule has 0 bridgehead atoms. The molecule has 2 saturated heterocycles. The summed E-state index contributed by atoms with van der Waals surface area (Å²) in [6.07, 6.45) is 9.90. The Morgan fingerprint density at radius 3 is 2.48 bits per heavy atom. The highest BCUT2D eigenvalue weighted by Gasteiger charge is 2.43. The van der Waals surface area contributed by atoms with Gasteiger partial charge >= 0.3 is 12.1 Å². The van der Waals surface area contributed by atoms with Gasteiger partial charge in [0.15, 0.2) is 5.82 Å². The summed E-state index contributed by atoms with van der Waals surface area (Å²) < 4.78 is 7.37. The van der Waals surface area contributed by atoms with Crippen LogP contribution in [0.1, 0.15) is 58.9 Å². The normalized spacial score (nSPS) is 26.1. The molecule has 40 heavy (non-hydrogen) atoms. The van der Waals surface area contributed by atoms with Gasteiger partial charge in [-0.3, -0.25) is 4.68 Å². The maximum atomic E-state index is 12.4. The monoisotopic (exact) mass is 571 g/mol. The van der Waals surface area contributed by atoms with Gasteiger partial charge in [0.2, 0.25) is 5.95 Å². The highest BCUT2D eigenvalue weighted by Crippen LogP contribution is 2.40. The Labute approximate surface area is 239 Å². The van der Waals surface area contributed by atoms with E-state index in [1.165, 1.54) is 0 Å². The number of amides is 3. The quantitative estimate of drug-likeness (QED) is 0.469. The topological polar surface area (TPSA) is 130 Å². The van der Waals surface area contributed by atoms with Crippen LogP contribution < -0.4 is 16.0 Å². The first-order valence-electron chi connectivity index (χ1n) is 14.2. The SMILES string of the molecule is CC(C)(C)OC(=O)N1CCC(n2cc(Nc3ncc(Cl)c(NC4CC5CN(C(=O)NC6CC6)CC5C4)n3)cn2)C1. The Balaban J connectivity index is 1.02. The Kier molecular flexibility index (Phi) is 7.14. The van der Waals surface area contributed by atoms with Crippen molar-refractivity contribution >= 4 is 41.2 Å². The lowest BCUT2D eigenvalue weighted by Gasteiger charge is -2.24. The van der Waals surface area contributed by atoms with Crippen LogP contribution in [0.5, 0.6) is 0 Å². The van der Waals surface area contributed by atoms with Crippen molar-refractivity contribution in [2.45, 2.75) is 76.6 Å². The number of halogens is 1. The molecular formula is C27H38ClN9O3. The first kappa shape index (κ1) is 26.9. The molecule has 2 aliphatic heterocycles. The number of anilines is 3. The third kappa shape index (κ3) is 6.21. The molecular weight excluding hydrogens is 534 g/mol. The van der Waals surface area contributed by atoms with Crippen LogP contribution in [0.2, 0.25) is 5.02 Å². The van der Waals surface area contributed by atoms with Crippen molar-refractivity contribution in [1.29, 1.82) is 0 Å². The molecule has 4 heterocycles. The number of hydrogen-bond donors (Lipinski definition) is 3. The van der Waals surface area contributed by atoms with Gasteiger partial charge in [-0.25, -0.2) is 14.6 Å². The Morgan fingerprint density at radius 2 is 1.77 bits per heavy atom. The molecule has 216 valence electrons. The molecule has 13 heteroatoms. The molecule has 3 unspecified atom stereocenters. The fourth-order valence-electron chi connectivity index (χ4n) is 5.98. The van der Waals surface area contributed by atoms with Crippen molar-refractivity contribution in [3.63, 3.8) is 0 Å². The minimum absolute atomic E-state index is 0.0731. The fourth-order valence-corrected chi connectivity index (χ4v) is 6.13. The largest absolute Gasteiger partial charge is 0.444 e. The molecule has 2 aromatic rings. The Bertz CT molecular complexity index is 1250. The van der Waals surface area contributed by atoms with E-state index in [2.05, 4.69) is 31.0 Å². The summed E-state index contributed by atoms with van der Waals surface area (Å²) in [5.74, 6) is 2.01. The van der Waals surface area contributed by atoms with Gasteiger partial charge < -0.3 is 30.5 Å². The van der Waals surface area contributed by atoms with Crippen molar-refractivity contribution in [1.82, 2.24) is 34.9 Å². The zero-order chi connectivity index (χ0) is 28.0. The minimum Gasteiger partial charge on any atom is -0.444 e. The molecule has 2 aliphatic carbocycles. The van der Waals surface area contributed by atoms with Gasteiger partial charge in [0.05, 0.1) is 24.1 Å². The van der Waals surface area contributed by atoms with Crippen LogP contribution in [0, 0.1) is 11.8 Å². The number of rotatable bonds is 6. The number of aromatic nitrogens is 4. The van der Waals surface area contributed by atoms with Crippen LogP contribution in [0.25, 0.3) is 0 Å². The highest BCUT2D eigenvalue weighted by atomic mass is 35.5. The second-order valence-electron chi connectivity index (χ2n) is 12.6. The number of fused-ring (bicyclic) bond motifs is 1. The molecule has 2 saturated carbocycles. The van der Waals surface area contributed by atoms with Crippen molar-refractivity contribution in [2.75, 3.05) is 36.8 Å². The average molecular weight is 572 g/mol. The molecule has 2 aromatic heterocycles. The van der Waals surface area contributed by atoms with Crippen LogP contribution in [0.15, 0.2) is 18.6 Å². The molecule has 3 amide bonds. The van der Waals surface area contributed by atoms with Crippen molar-refractivity contribution in [3.05, 3.63) is 23.6 Å². The number of likely N-dealkylation sites (tertiary alicyclic amines) is 2. The summed E-state index contributed by atoms with van der Waals surface area (Å²) in [5.41, 5.74) is 0.235. The summed E-state index contributed by atoms with van der Waals surface area (Å²) in [5, 5.41) is 14.8. The zero-order valence-corrected chi connectivity index (χ0v) is 24.0. The number of carbonyl (C=O) groups is 2. The lowest BCUT2D eigenvalue weighted by Crippen LogP contribution is -2.40. The van der Waals surface area contributed by atoms with Crippen LogP contribution in [-0.2, 0) is 4.74 Å². The zero-order valence-electron chi connectivity index (χ0n) is 23.3. The molecule has 6 rings (SSSR count). The van der Waals surface area contributed by atoms with E-state index in [0.29, 0.717) is 47.8 Å². The lowest BCUT2D eigenvalue weighted by atomic mass is 10.0. The van der Waals surface area contributed by atoms with E-state index in [4.69, 9.17) is 16.3 Å². The number of nitrogens with one attached hydrogen (secondary N) is 3. The van der Waals surface area contributed by atoms with E-state index < -0.39 is 5.60 Å². The summed E-state index contributed by atoms with van der Waals surface area (Å²) in [6, 6.07) is 0.801. The minimum atomic E-state index is -0.519. The predicted molar refractivity (Wildman–Crippen MR) is 151 cm³/mol. The van der Waals surface area contributed by atoms with E-state index in [-0.39, 0.29) is 24.2 Å². The van der Waals surface area contributed by atoms with Gasteiger partial charge in [0.1, 0.15) is 10.6 Å². The third-order valence-electron chi connectivity index (χ3n) is 8.07. The van der Waals surface area contributed by atoms with E-state index in [0.717, 1.165) is 50.9 Å². The maximum Gasteiger partial charge on any atom is 0.410 e. The lowest BCUT2D eigenvalue weighted by molar-refractivity contribution is 0.0288. The summed E-state index contributed by atoms with van der Waals surface area (Å²) in [4.78, 5) is 37.5. The van der Waals surface area contributed by atoms with Gasteiger partial charge in [-0.15, -0.1) is 0 Å².